The van der Waals surface area contributed by atoms with Gasteiger partial charge in [0.15, 0.2) is 0 Å². The lowest BCUT2D eigenvalue weighted by atomic mass is 10.1. The molecule has 0 aliphatic carbocycles. The molecule has 0 aliphatic heterocycles. The third-order valence-corrected chi connectivity index (χ3v) is 7.40. The van der Waals surface area contributed by atoms with Gasteiger partial charge in [0.05, 0.1) is 6.42 Å². The van der Waals surface area contributed by atoms with Gasteiger partial charge in [0.25, 0.3) is 0 Å². The van der Waals surface area contributed by atoms with Crippen molar-refractivity contribution in [2.24, 2.45) is 0 Å². The van der Waals surface area contributed by atoms with Crippen LogP contribution in [0.2, 0.25) is 0 Å². The summed E-state index contributed by atoms with van der Waals surface area (Å²) >= 11 is 27.8. The fourth-order valence-corrected chi connectivity index (χ4v) is 4.65. The van der Waals surface area contributed by atoms with Gasteiger partial charge in [-0.2, -0.15) is 0 Å². The van der Waals surface area contributed by atoms with Gasteiger partial charge in [0.1, 0.15) is 0 Å². The molecular formula is C20H15Br4Cl3O5. The monoisotopic (exact) mass is 756 g/mol. The maximum absolute atomic E-state index is 10.7. The van der Waals surface area contributed by atoms with Gasteiger partial charge in [-0.1, -0.05) is 63.7 Å². The van der Waals surface area contributed by atoms with Crippen LogP contribution in [0.3, 0.4) is 0 Å². The van der Waals surface area contributed by atoms with Gasteiger partial charge >= 0.3 is 16.5 Å². The van der Waals surface area contributed by atoms with Crippen molar-refractivity contribution in [1.82, 2.24) is 0 Å². The molecule has 0 aromatic heterocycles. The second kappa shape index (κ2) is 15.6. The molecule has 1 N–H and O–H groups in total. The number of halogens is 7. The Labute approximate surface area is 233 Å². The number of benzene rings is 2. The fraction of sp³-hybridized carbons (Fsp3) is 0.200. The van der Waals surface area contributed by atoms with Crippen LogP contribution in [0.15, 0.2) is 42.2 Å². The number of carboxylic acid groups (broad SMARTS) is 1. The molecule has 0 aliphatic rings. The summed E-state index contributed by atoms with van der Waals surface area (Å²) in [6, 6.07) is 7.46. The Morgan fingerprint density at radius 3 is 1.19 bits per heavy atom. The van der Waals surface area contributed by atoms with Gasteiger partial charge in [0.2, 0.25) is 5.24 Å². The van der Waals surface area contributed by atoms with Gasteiger partial charge in [-0.05, 0) is 95.2 Å². The van der Waals surface area contributed by atoms with Crippen molar-refractivity contribution in [3.8, 4) is 0 Å². The zero-order valence-electron chi connectivity index (χ0n) is 16.4. The van der Waals surface area contributed by atoms with Gasteiger partial charge in [-0.15, -0.1) is 0 Å². The summed E-state index contributed by atoms with van der Waals surface area (Å²) in [4.78, 5) is 40.0. The second-order valence-corrected chi connectivity index (χ2v) is 10.5. The first-order chi connectivity index (χ1) is 14.6. The lowest BCUT2D eigenvalue weighted by molar-refractivity contribution is -0.136. The zero-order valence-corrected chi connectivity index (χ0v) is 25.1. The number of hydrogen-bond donors (Lipinski definition) is 1. The lowest BCUT2D eigenvalue weighted by Gasteiger charge is -2.04. The normalized spacial score (nSPS) is 9.66. The van der Waals surface area contributed by atoms with Crippen LogP contribution in [0.25, 0.3) is 0 Å². The van der Waals surface area contributed by atoms with E-state index in [0.717, 1.165) is 40.1 Å². The van der Waals surface area contributed by atoms with E-state index in [1.54, 1.807) is 0 Å². The molecule has 0 unspecified atom stereocenters. The lowest BCUT2D eigenvalue weighted by Crippen LogP contribution is -2.00. The van der Waals surface area contributed by atoms with E-state index in [1.165, 1.54) is 0 Å². The minimum Gasteiger partial charge on any atom is -0.481 e. The van der Waals surface area contributed by atoms with Gasteiger partial charge in [-0.25, -0.2) is 0 Å². The zero-order chi connectivity index (χ0) is 25.2. The smallest absolute Gasteiger partial charge is 0.307 e. The minimum absolute atomic E-state index is 0.0531. The third-order valence-electron chi connectivity index (χ3n) is 3.53. The van der Waals surface area contributed by atoms with E-state index in [1.807, 2.05) is 38.1 Å². The quantitative estimate of drug-likeness (QED) is 0.252. The largest absolute Gasteiger partial charge is 0.481 e. The Morgan fingerprint density at radius 2 is 0.969 bits per heavy atom. The average Bonchev–Trinajstić information content (AvgIpc) is 2.64. The maximum Gasteiger partial charge on any atom is 0.307 e. The van der Waals surface area contributed by atoms with E-state index in [4.69, 9.17) is 16.7 Å². The fourth-order valence-electron chi connectivity index (χ4n) is 1.93. The standard InChI is InChI=1S/C9H7Br2ClO.C9H8Br2O2.C2Cl2O2/c2*1-5-7(10)2-6(3-8(5)11)4-9(12)13;3-1(5)2(4)6/h2-3H,4H2,1H3;2-3H,4H2,1H3,(H,12,13);. The molecule has 0 spiro atoms. The van der Waals surface area contributed by atoms with Crippen molar-refractivity contribution in [3.63, 3.8) is 0 Å². The number of aliphatic carboxylic acids is 1. The van der Waals surface area contributed by atoms with Crippen LogP contribution < -0.4 is 0 Å². The Bertz CT molecular complexity index is 901. The van der Waals surface area contributed by atoms with E-state index in [2.05, 4.69) is 86.9 Å². The predicted molar refractivity (Wildman–Crippen MR) is 141 cm³/mol. The van der Waals surface area contributed by atoms with Crippen molar-refractivity contribution in [1.29, 1.82) is 0 Å². The van der Waals surface area contributed by atoms with Crippen LogP contribution in [-0.2, 0) is 32.0 Å². The highest BCUT2D eigenvalue weighted by molar-refractivity contribution is 9.11. The molecular weight excluding hydrogens is 746 g/mol. The van der Waals surface area contributed by atoms with Crippen LogP contribution in [0.5, 0.6) is 0 Å². The molecule has 32 heavy (non-hydrogen) atoms. The van der Waals surface area contributed by atoms with E-state index >= 15 is 0 Å². The molecule has 174 valence electrons. The van der Waals surface area contributed by atoms with Crippen molar-refractivity contribution >= 4 is 120 Å². The molecule has 0 radical (unpaired) electrons. The summed E-state index contributed by atoms with van der Waals surface area (Å²) in [5, 5.41) is 5.96. The molecule has 0 saturated heterocycles. The molecule has 12 heteroatoms. The molecule has 0 fully saturated rings. The number of carbonyl (C=O) groups excluding carboxylic acids is 3. The number of carbonyl (C=O) groups is 4. The maximum atomic E-state index is 10.7. The summed E-state index contributed by atoms with van der Waals surface area (Å²) < 4.78 is 3.82. The summed E-state index contributed by atoms with van der Waals surface area (Å²) in [7, 11) is 0. The summed E-state index contributed by atoms with van der Waals surface area (Å²) in [5.41, 5.74) is 3.89. The van der Waals surface area contributed by atoms with Crippen molar-refractivity contribution in [2.45, 2.75) is 26.7 Å². The molecule has 2 aromatic carbocycles. The Kier molecular flexibility index (Phi) is 15.4. The van der Waals surface area contributed by atoms with Crippen molar-refractivity contribution in [2.75, 3.05) is 0 Å². The second-order valence-electron chi connectivity index (χ2n) is 6.02. The van der Waals surface area contributed by atoms with Crippen LogP contribution in [-0.4, -0.2) is 26.8 Å². The molecule has 2 aromatic rings. The number of carboxylic acids is 1. The summed E-state index contributed by atoms with van der Waals surface area (Å²) in [6.07, 6.45) is 0.316. The number of hydrogen-bond acceptors (Lipinski definition) is 4. The third kappa shape index (κ3) is 12.8. The van der Waals surface area contributed by atoms with Gasteiger partial charge in [-0.3, -0.25) is 19.2 Å². The SMILES string of the molecule is Cc1c(Br)cc(CC(=O)Cl)cc1Br.Cc1c(Br)cc(CC(=O)O)cc1Br.O=C(Cl)C(=O)Cl. The Morgan fingerprint density at radius 1 is 0.688 bits per heavy atom. The van der Waals surface area contributed by atoms with E-state index < -0.39 is 16.5 Å². The average molecular weight is 761 g/mol. The van der Waals surface area contributed by atoms with E-state index in [0.29, 0.717) is 0 Å². The Hall–Kier alpha value is -0.290. The first kappa shape index (κ1) is 31.7. The highest BCUT2D eigenvalue weighted by Gasteiger charge is 2.07. The van der Waals surface area contributed by atoms with E-state index in [9.17, 15) is 19.2 Å². The van der Waals surface area contributed by atoms with Crippen molar-refractivity contribution < 1.29 is 24.3 Å². The van der Waals surface area contributed by atoms with Crippen LogP contribution in [0, 0.1) is 13.8 Å². The van der Waals surface area contributed by atoms with Crippen LogP contribution in [0.1, 0.15) is 22.3 Å². The molecule has 0 heterocycles. The van der Waals surface area contributed by atoms with Gasteiger partial charge < -0.3 is 5.11 Å². The van der Waals surface area contributed by atoms with Crippen molar-refractivity contribution in [3.05, 3.63) is 64.4 Å². The Balaban J connectivity index is 0.000000484. The topological polar surface area (TPSA) is 88.5 Å². The molecule has 0 amide bonds. The number of rotatable bonds is 5. The molecule has 5 nitrogen and oxygen atoms in total. The predicted octanol–water partition coefficient (Wildman–Crippen LogP) is 7.49. The summed E-state index contributed by atoms with van der Waals surface area (Å²) in [5.74, 6) is -0.817. The molecule has 0 bridgehead atoms. The first-order valence-electron chi connectivity index (χ1n) is 8.34. The molecule has 0 atom stereocenters. The molecule has 0 saturated carbocycles. The highest BCUT2D eigenvalue weighted by Crippen LogP contribution is 2.27. The highest BCUT2D eigenvalue weighted by atomic mass is 79.9. The first-order valence-corrected chi connectivity index (χ1v) is 12.6. The van der Waals surface area contributed by atoms with Gasteiger partial charge in [0, 0.05) is 24.3 Å². The summed E-state index contributed by atoms with van der Waals surface area (Å²) in [6.45, 7) is 3.94. The van der Waals surface area contributed by atoms with Crippen LogP contribution >= 0.6 is 98.5 Å². The van der Waals surface area contributed by atoms with Crippen LogP contribution in [0.4, 0.5) is 0 Å². The molecule has 2 rings (SSSR count). The van der Waals surface area contributed by atoms with E-state index in [-0.39, 0.29) is 18.1 Å². The minimum atomic E-state index is -1.14.